The average Bonchev–Trinajstić information content (AvgIpc) is 2.86. The van der Waals surface area contributed by atoms with Crippen LogP contribution in [0.25, 0.3) is 0 Å². The van der Waals surface area contributed by atoms with Gasteiger partial charge < -0.3 is 15.2 Å². The van der Waals surface area contributed by atoms with E-state index in [4.69, 9.17) is 15.2 Å². The molecule has 0 spiro atoms. The maximum Gasteiger partial charge on any atom is 0.231 e. The first kappa shape index (κ1) is 9.90. The maximum atomic E-state index is 13.9. The number of benzene rings is 1. The SMILES string of the molecule is NC1(c2c(F)ccc3c2OCO3)CCCC1. The van der Waals surface area contributed by atoms with Crippen molar-refractivity contribution < 1.29 is 13.9 Å². The van der Waals surface area contributed by atoms with Crippen molar-refractivity contribution in [2.75, 3.05) is 6.79 Å². The quantitative estimate of drug-likeness (QED) is 0.794. The van der Waals surface area contributed by atoms with Crippen molar-refractivity contribution in [2.24, 2.45) is 5.73 Å². The van der Waals surface area contributed by atoms with E-state index in [0.29, 0.717) is 17.1 Å². The smallest absolute Gasteiger partial charge is 0.231 e. The van der Waals surface area contributed by atoms with Crippen LogP contribution in [0.3, 0.4) is 0 Å². The molecule has 0 bridgehead atoms. The molecule has 0 aromatic heterocycles. The highest BCUT2D eigenvalue weighted by atomic mass is 19.1. The molecule has 0 amide bonds. The van der Waals surface area contributed by atoms with Crippen LogP contribution in [-0.4, -0.2) is 6.79 Å². The minimum atomic E-state index is -0.580. The van der Waals surface area contributed by atoms with E-state index in [1.165, 1.54) is 6.07 Å². The van der Waals surface area contributed by atoms with Crippen molar-refractivity contribution in [3.8, 4) is 11.5 Å². The zero-order chi connectivity index (χ0) is 11.2. The lowest BCUT2D eigenvalue weighted by Gasteiger charge is -2.25. The second-order valence-corrected chi connectivity index (χ2v) is 4.52. The Morgan fingerprint density at radius 3 is 2.69 bits per heavy atom. The fourth-order valence-electron chi connectivity index (χ4n) is 2.67. The van der Waals surface area contributed by atoms with Gasteiger partial charge in [-0.15, -0.1) is 0 Å². The molecule has 3 nitrogen and oxygen atoms in total. The summed E-state index contributed by atoms with van der Waals surface area (Å²) >= 11 is 0. The van der Waals surface area contributed by atoms with Gasteiger partial charge in [-0.1, -0.05) is 12.8 Å². The van der Waals surface area contributed by atoms with Gasteiger partial charge in [-0.25, -0.2) is 4.39 Å². The Morgan fingerprint density at radius 1 is 1.19 bits per heavy atom. The molecule has 2 N–H and O–H groups in total. The van der Waals surface area contributed by atoms with Gasteiger partial charge in [0.1, 0.15) is 5.82 Å². The predicted molar refractivity (Wildman–Crippen MR) is 56.9 cm³/mol. The summed E-state index contributed by atoms with van der Waals surface area (Å²) in [6, 6.07) is 3.01. The Labute approximate surface area is 93.3 Å². The Kier molecular flexibility index (Phi) is 2.07. The summed E-state index contributed by atoms with van der Waals surface area (Å²) in [5.74, 6) is 0.825. The van der Waals surface area contributed by atoms with Crippen molar-refractivity contribution in [3.63, 3.8) is 0 Å². The molecule has 1 aromatic rings. The number of ether oxygens (including phenoxy) is 2. The topological polar surface area (TPSA) is 44.5 Å². The number of rotatable bonds is 1. The lowest BCUT2D eigenvalue weighted by atomic mass is 9.88. The van der Waals surface area contributed by atoms with Gasteiger partial charge in [0.05, 0.1) is 5.56 Å². The molecule has 1 heterocycles. The molecule has 16 heavy (non-hydrogen) atoms. The van der Waals surface area contributed by atoms with Gasteiger partial charge in [0, 0.05) is 5.54 Å². The molecule has 0 saturated heterocycles. The molecule has 0 unspecified atom stereocenters. The van der Waals surface area contributed by atoms with Crippen LogP contribution < -0.4 is 15.2 Å². The van der Waals surface area contributed by atoms with E-state index in [1.807, 2.05) is 0 Å². The third-order valence-electron chi connectivity index (χ3n) is 3.48. The number of hydrogen-bond donors (Lipinski definition) is 1. The molecule has 0 radical (unpaired) electrons. The van der Waals surface area contributed by atoms with Crippen LogP contribution in [0.5, 0.6) is 11.5 Å². The number of nitrogens with two attached hydrogens (primary N) is 1. The highest BCUT2D eigenvalue weighted by molar-refractivity contribution is 5.52. The summed E-state index contributed by atoms with van der Waals surface area (Å²) in [6.45, 7) is 0.155. The van der Waals surface area contributed by atoms with Crippen molar-refractivity contribution in [1.29, 1.82) is 0 Å². The van der Waals surface area contributed by atoms with Gasteiger partial charge in [0.15, 0.2) is 11.5 Å². The van der Waals surface area contributed by atoms with Crippen LogP contribution in [0.1, 0.15) is 31.2 Å². The summed E-state index contributed by atoms with van der Waals surface area (Å²) in [7, 11) is 0. The Balaban J connectivity index is 2.15. The van der Waals surface area contributed by atoms with Gasteiger partial charge in [-0.3, -0.25) is 0 Å². The summed E-state index contributed by atoms with van der Waals surface area (Å²) in [5.41, 5.74) is 6.20. The molecule has 1 aromatic carbocycles. The van der Waals surface area contributed by atoms with Crippen LogP contribution in [0.15, 0.2) is 12.1 Å². The monoisotopic (exact) mass is 223 g/mol. The standard InChI is InChI=1S/C12H14FNO2/c13-8-3-4-9-11(16-7-15-9)10(8)12(14)5-1-2-6-12/h3-4H,1-2,5-7,14H2. The fraction of sp³-hybridized carbons (Fsp3) is 0.500. The average molecular weight is 223 g/mol. The molecule has 86 valence electrons. The van der Waals surface area contributed by atoms with Crippen molar-refractivity contribution in [2.45, 2.75) is 31.2 Å². The second kappa shape index (κ2) is 3.35. The van der Waals surface area contributed by atoms with Crippen LogP contribution >= 0.6 is 0 Å². The van der Waals surface area contributed by atoms with Crippen LogP contribution in [0.4, 0.5) is 4.39 Å². The molecular weight excluding hydrogens is 209 g/mol. The lowest BCUT2D eigenvalue weighted by Crippen LogP contribution is -2.34. The van der Waals surface area contributed by atoms with E-state index in [1.54, 1.807) is 6.07 Å². The van der Waals surface area contributed by atoms with E-state index in [-0.39, 0.29) is 12.6 Å². The minimum absolute atomic E-state index is 0.155. The number of halogens is 1. The predicted octanol–water partition coefficient (Wildman–Crippen LogP) is 2.28. The minimum Gasteiger partial charge on any atom is -0.454 e. The molecule has 1 fully saturated rings. The Bertz CT molecular complexity index is 427. The normalized spacial score (nSPS) is 21.4. The zero-order valence-corrected chi connectivity index (χ0v) is 8.96. The van der Waals surface area contributed by atoms with Crippen LogP contribution in [0, 0.1) is 5.82 Å². The lowest BCUT2D eigenvalue weighted by molar-refractivity contribution is 0.171. The highest BCUT2D eigenvalue weighted by Gasteiger charge is 2.38. The summed E-state index contributed by atoms with van der Waals surface area (Å²) < 4.78 is 24.5. The van der Waals surface area contributed by atoms with E-state index >= 15 is 0 Å². The Hall–Kier alpha value is -1.29. The molecule has 2 aliphatic rings. The number of fused-ring (bicyclic) bond motifs is 1. The van der Waals surface area contributed by atoms with E-state index in [0.717, 1.165) is 25.7 Å². The van der Waals surface area contributed by atoms with Gasteiger partial charge in [0.2, 0.25) is 6.79 Å². The van der Waals surface area contributed by atoms with Crippen molar-refractivity contribution in [1.82, 2.24) is 0 Å². The maximum absolute atomic E-state index is 13.9. The fourth-order valence-corrected chi connectivity index (χ4v) is 2.67. The first-order chi connectivity index (χ1) is 7.71. The van der Waals surface area contributed by atoms with Crippen molar-refractivity contribution in [3.05, 3.63) is 23.5 Å². The van der Waals surface area contributed by atoms with Crippen LogP contribution in [0.2, 0.25) is 0 Å². The van der Waals surface area contributed by atoms with E-state index in [2.05, 4.69) is 0 Å². The number of hydrogen-bond acceptors (Lipinski definition) is 3. The molecular formula is C12H14FNO2. The Morgan fingerprint density at radius 2 is 1.94 bits per heavy atom. The molecule has 0 atom stereocenters. The summed E-state index contributed by atoms with van der Waals surface area (Å²) in [5, 5.41) is 0. The summed E-state index contributed by atoms with van der Waals surface area (Å²) in [6.07, 6.45) is 3.70. The largest absolute Gasteiger partial charge is 0.454 e. The van der Waals surface area contributed by atoms with Crippen molar-refractivity contribution >= 4 is 0 Å². The molecule has 1 aliphatic carbocycles. The zero-order valence-electron chi connectivity index (χ0n) is 8.96. The van der Waals surface area contributed by atoms with E-state index < -0.39 is 5.54 Å². The first-order valence-corrected chi connectivity index (χ1v) is 5.58. The van der Waals surface area contributed by atoms with Gasteiger partial charge in [0.25, 0.3) is 0 Å². The molecule has 1 saturated carbocycles. The van der Waals surface area contributed by atoms with Gasteiger partial charge >= 0.3 is 0 Å². The summed E-state index contributed by atoms with van der Waals surface area (Å²) in [4.78, 5) is 0. The molecule has 3 rings (SSSR count). The highest BCUT2D eigenvalue weighted by Crippen LogP contribution is 2.47. The second-order valence-electron chi connectivity index (χ2n) is 4.52. The third kappa shape index (κ3) is 1.29. The van der Waals surface area contributed by atoms with E-state index in [9.17, 15) is 4.39 Å². The first-order valence-electron chi connectivity index (χ1n) is 5.58. The molecule has 1 aliphatic heterocycles. The van der Waals surface area contributed by atoms with Gasteiger partial charge in [-0.05, 0) is 25.0 Å². The van der Waals surface area contributed by atoms with Gasteiger partial charge in [-0.2, -0.15) is 0 Å². The molecule has 4 heteroatoms. The third-order valence-corrected chi connectivity index (χ3v) is 3.48. The van der Waals surface area contributed by atoms with Crippen LogP contribution in [-0.2, 0) is 5.54 Å².